The lowest BCUT2D eigenvalue weighted by molar-refractivity contribution is 0.102. The van der Waals surface area contributed by atoms with E-state index in [0.717, 1.165) is 10.3 Å². The van der Waals surface area contributed by atoms with Gasteiger partial charge in [0, 0.05) is 20.3 Å². The van der Waals surface area contributed by atoms with Crippen LogP contribution in [0.1, 0.15) is 17.3 Å². The zero-order valence-electron chi connectivity index (χ0n) is 18.4. The molecule has 2 aromatic heterocycles. The number of hydrogen-bond acceptors (Lipinski definition) is 6. The molecule has 33 heavy (non-hydrogen) atoms. The number of nitrogens with zero attached hydrogens (tertiary/aromatic N) is 3. The van der Waals surface area contributed by atoms with Gasteiger partial charge in [-0.2, -0.15) is 0 Å². The summed E-state index contributed by atoms with van der Waals surface area (Å²) in [5, 5.41) is 2.97. The number of fused-ring (bicyclic) bond motifs is 1. The molecule has 0 saturated carbocycles. The molecule has 0 aliphatic heterocycles. The normalized spacial score (nSPS) is 10.8. The van der Waals surface area contributed by atoms with E-state index in [2.05, 4.69) is 10.3 Å². The number of hydrogen-bond donors (Lipinski definition) is 1. The van der Waals surface area contributed by atoms with Crippen LogP contribution in [0.3, 0.4) is 0 Å². The maximum Gasteiger partial charge on any atom is 0.332 e. The van der Waals surface area contributed by atoms with Crippen molar-refractivity contribution >= 4 is 22.6 Å². The predicted octanol–water partition coefficient (Wildman–Crippen LogP) is 3.08. The molecule has 4 aromatic rings. The van der Waals surface area contributed by atoms with Crippen molar-refractivity contribution in [3.63, 3.8) is 0 Å². The highest BCUT2D eigenvalue weighted by molar-refractivity contribution is 6.06. The molecule has 2 aromatic carbocycles. The number of para-hydroxylation sites is 2. The summed E-state index contributed by atoms with van der Waals surface area (Å²) in [6.07, 6.45) is 1.33. The number of ether oxygens (including phenoxy) is 2. The van der Waals surface area contributed by atoms with E-state index in [9.17, 15) is 14.4 Å². The Bertz CT molecular complexity index is 1450. The molecule has 2 heterocycles. The smallest absolute Gasteiger partial charge is 0.332 e. The highest BCUT2D eigenvalue weighted by atomic mass is 16.5. The van der Waals surface area contributed by atoms with Crippen LogP contribution in [-0.4, -0.2) is 26.6 Å². The number of pyridine rings is 1. The second kappa shape index (κ2) is 8.99. The molecule has 168 valence electrons. The van der Waals surface area contributed by atoms with E-state index < -0.39 is 17.2 Å². The molecular weight excluding hydrogens is 424 g/mol. The van der Waals surface area contributed by atoms with E-state index in [1.807, 2.05) is 6.92 Å². The highest BCUT2D eigenvalue weighted by Gasteiger charge is 2.15. The minimum Gasteiger partial charge on any atom is -0.494 e. The molecule has 9 nitrogen and oxygen atoms in total. The summed E-state index contributed by atoms with van der Waals surface area (Å²) in [4.78, 5) is 41.7. The Morgan fingerprint density at radius 3 is 2.42 bits per heavy atom. The average Bonchev–Trinajstić information content (AvgIpc) is 2.83. The largest absolute Gasteiger partial charge is 0.494 e. The Labute approximate surface area is 188 Å². The van der Waals surface area contributed by atoms with Gasteiger partial charge in [0.05, 0.1) is 23.2 Å². The van der Waals surface area contributed by atoms with Gasteiger partial charge in [0.1, 0.15) is 17.1 Å². The molecule has 1 N–H and O–H groups in total. The first-order chi connectivity index (χ1) is 15.9. The number of carbonyl (C=O) groups excluding carboxylic acids is 1. The fourth-order valence-electron chi connectivity index (χ4n) is 3.34. The lowest BCUT2D eigenvalue weighted by Crippen LogP contribution is -2.37. The molecule has 0 spiro atoms. The summed E-state index contributed by atoms with van der Waals surface area (Å²) >= 11 is 0. The molecule has 4 rings (SSSR count). The molecule has 0 fully saturated rings. The fourth-order valence-corrected chi connectivity index (χ4v) is 3.34. The average molecular weight is 446 g/mol. The fraction of sp³-hybridized carbons (Fsp3) is 0.167. The van der Waals surface area contributed by atoms with E-state index in [1.165, 1.54) is 30.9 Å². The first kappa shape index (κ1) is 21.8. The highest BCUT2D eigenvalue weighted by Crippen LogP contribution is 2.30. The molecule has 1 amide bonds. The first-order valence-electron chi connectivity index (χ1n) is 10.3. The van der Waals surface area contributed by atoms with Gasteiger partial charge in [0.15, 0.2) is 5.75 Å². The standard InChI is InChI=1S/C24H22N4O5/c1-4-32-16-9-11-17(12-10-16)33-20-8-6-5-7-19(20)26-22(29)15-13-18-21(25-14-15)27(2)24(31)28(3)23(18)30/h5-14H,4H2,1-3H3,(H,26,29). The number of aryl methyl sites for hydroxylation is 1. The number of nitrogens with one attached hydrogen (secondary N) is 1. The maximum absolute atomic E-state index is 12.9. The van der Waals surface area contributed by atoms with Crippen molar-refractivity contribution in [3.05, 3.63) is 87.2 Å². The third-order valence-corrected chi connectivity index (χ3v) is 5.05. The number of amides is 1. The summed E-state index contributed by atoms with van der Waals surface area (Å²) in [6, 6.07) is 15.6. The number of aromatic nitrogens is 3. The van der Waals surface area contributed by atoms with Crippen LogP contribution < -0.4 is 26.0 Å². The van der Waals surface area contributed by atoms with E-state index >= 15 is 0 Å². The molecule has 0 saturated heterocycles. The van der Waals surface area contributed by atoms with Crippen molar-refractivity contribution in [1.82, 2.24) is 14.1 Å². The molecule has 0 atom stereocenters. The first-order valence-corrected chi connectivity index (χ1v) is 10.3. The lowest BCUT2D eigenvalue weighted by Gasteiger charge is -2.13. The molecule has 0 radical (unpaired) electrons. The summed E-state index contributed by atoms with van der Waals surface area (Å²) in [7, 11) is 2.90. The monoisotopic (exact) mass is 446 g/mol. The van der Waals surface area contributed by atoms with Gasteiger partial charge in [0.25, 0.3) is 11.5 Å². The summed E-state index contributed by atoms with van der Waals surface area (Å²) < 4.78 is 13.6. The maximum atomic E-state index is 12.9. The van der Waals surface area contributed by atoms with Crippen molar-refractivity contribution in [2.45, 2.75) is 6.92 Å². The number of carbonyl (C=O) groups is 1. The van der Waals surface area contributed by atoms with E-state index in [0.29, 0.717) is 23.8 Å². The van der Waals surface area contributed by atoms with Crippen molar-refractivity contribution in [2.24, 2.45) is 14.1 Å². The Kier molecular flexibility index (Phi) is 5.95. The van der Waals surface area contributed by atoms with Gasteiger partial charge in [-0.1, -0.05) is 12.1 Å². The quantitative estimate of drug-likeness (QED) is 0.488. The Morgan fingerprint density at radius 1 is 1.00 bits per heavy atom. The molecular formula is C24H22N4O5. The number of benzene rings is 2. The Morgan fingerprint density at radius 2 is 1.70 bits per heavy atom. The van der Waals surface area contributed by atoms with Crippen LogP contribution in [-0.2, 0) is 14.1 Å². The van der Waals surface area contributed by atoms with Crippen LogP contribution in [0.4, 0.5) is 5.69 Å². The van der Waals surface area contributed by atoms with Crippen molar-refractivity contribution in [2.75, 3.05) is 11.9 Å². The molecule has 0 aliphatic carbocycles. The second-order valence-electron chi connectivity index (χ2n) is 7.26. The number of rotatable bonds is 6. The van der Waals surface area contributed by atoms with Gasteiger partial charge < -0.3 is 14.8 Å². The van der Waals surface area contributed by atoms with Crippen molar-refractivity contribution in [3.8, 4) is 17.2 Å². The van der Waals surface area contributed by atoms with E-state index in [4.69, 9.17) is 9.47 Å². The van der Waals surface area contributed by atoms with E-state index in [1.54, 1.807) is 48.5 Å². The van der Waals surface area contributed by atoms with Crippen LogP contribution in [0.2, 0.25) is 0 Å². The van der Waals surface area contributed by atoms with Gasteiger partial charge in [-0.3, -0.25) is 18.7 Å². The topological polar surface area (TPSA) is 104 Å². The van der Waals surface area contributed by atoms with Gasteiger partial charge in [0.2, 0.25) is 0 Å². The molecule has 9 heteroatoms. The summed E-state index contributed by atoms with van der Waals surface area (Å²) in [5.74, 6) is 1.29. The van der Waals surface area contributed by atoms with Gasteiger partial charge >= 0.3 is 5.69 Å². The van der Waals surface area contributed by atoms with Crippen LogP contribution in [0.15, 0.2) is 70.4 Å². The Balaban J connectivity index is 1.61. The Hall–Kier alpha value is -4.40. The zero-order chi connectivity index (χ0) is 23.5. The van der Waals surface area contributed by atoms with Gasteiger partial charge in [-0.25, -0.2) is 9.78 Å². The van der Waals surface area contributed by atoms with Crippen LogP contribution >= 0.6 is 0 Å². The van der Waals surface area contributed by atoms with Crippen molar-refractivity contribution in [1.29, 1.82) is 0 Å². The molecule has 0 bridgehead atoms. The van der Waals surface area contributed by atoms with Gasteiger partial charge in [-0.05, 0) is 49.4 Å². The van der Waals surface area contributed by atoms with Crippen LogP contribution in [0.25, 0.3) is 11.0 Å². The third-order valence-electron chi connectivity index (χ3n) is 5.05. The third kappa shape index (κ3) is 4.33. The van der Waals surface area contributed by atoms with Crippen molar-refractivity contribution < 1.29 is 14.3 Å². The minimum atomic E-state index is -0.519. The zero-order valence-corrected chi connectivity index (χ0v) is 18.4. The predicted molar refractivity (Wildman–Crippen MR) is 124 cm³/mol. The number of anilines is 1. The lowest BCUT2D eigenvalue weighted by atomic mass is 10.2. The minimum absolute atomic E-state index is 0.172. The molecule has 0 aliphatic rings. The van der Waals surface area contributed by atoms with Crippen LogP contribution in [0, 0.1) is 0 Å². The summed E-state index contributed by atoms with van der Waals surface area (Å²) in [5.41, 5.74) is -0.176. The SMILES string of the molecule is CCOc1ccc(Oc2ccccc2NC(=O)c2cnc3c(c2)c(=O)n(C)c(=O)n3C)cc1. The second-order valence-corrected chi connectivity index (χ2v) is 7.26. The van der Waals surface area contributed by atoms with Crippen LogP contribution in [0.5, 0.6) is 17.2 Å². The van der Waals surface area contributed by atoms with E-state index in [-0.39, 0.29) is 16.6 Å². The molecule has 0 unspecified atom stereocenters. The van der Waals surface area contributed by atoms with Gasteiger partial charge in [-0.15, -0.1) is 0 Å². The summed E-state index contributed by atoms with van der Waals surface area (Å²) in [6.45, 7) is 2.48.